The van der Waals surface area contributed by atoms with Gasteiger partial charge in [-0.05, 0) is 24.5 Å². The molecule has 0 spiro atoms. The van der Waals surface area contributed by atoms with Crippen molar-refractivity contribution in [1.82, 2.24) is 0 Å². The summed E-state index contributed by atoms with van der Waals surface area (Å²) in [4.78, 5) is 9.51. The smallest absolute Gasteiger partial charge is 0.341 e. The molecule has 0 aromatic heterocycles. The highest BCUT2D eigenvalue weighted by Gasteiger charge is 2.30. The standard InChI is InChI=1S/C13H18F2N2O4S/c1-8(13(2,3)4)16-10-6-5-9(7-11(10)17(18)19)22(20,21)12(14)15/h5-8,12,16H,1-4H3. The average molecular weight is 336 g/mol. The van der Waals surface area contributed by atoms with Gasteiger partial charge in [-0.15, -0.1) is 0 Å². The molecule has 0 saturated carbocycles. The molecule has 1 N–H and O–H groups in total. The third-order valence-corrected chi connectivity index (χ3v) is 4.78. The molecule has 0 radical (unpaired) electrons. The van der Waals surface area contributed by atoms with E-state index in [1.54, 1.807) is 0 Å². The number of rotatable bonds is 5. The Kier molecular flexibility index (Phi) is 5.11. The van der Waals surface area contributed by atoms with Crippen molar-refractivity contribution in [1.29, 1.82) is 0 Å². The molecule has 0 aliphatic rings. The van der Waals surface area contributed by atoms with Crippen LogP contribution in [0.15, 0.2) is 23.1 Å². The third-order valence-electron chi connectivity index (χ3n) is 3.40. The Balaban J connectivity index is 3.31. The van der Waals surface area contributed by atoms with Gasteiger partial charge in [0, 0.05) is 12.1 Å². The van der Waals surface area contributed by atoms with E-state index in [4.69, 9.17) is 0 Å². The van der Waals surface area contributed by atoms with Crippen LogP contribution in [0.25, 0.3) is 0 Å². The van der Waals surface area contributed by atoms with Crippen LogP contribution in [0.3, 0.4) is 0 Å². The van der Waals surface area contributed by atoms with Gasteiger partial charge in [0.1, 0.15) is 5.69 Å². The van der Waals surface area contributed by atoms with Crippen molar-refractivity contribution in [3.8, 4) is 0 Å². The van der Waals surface area contributed by atoms with Crippen LogP contribution in [-0.2, 0) is 9.84 Å². The molecule has 22 heavy (non-hydrogen) atoms. The first kappa shape index (κ1) is 18.3. The van der Waals surface area contributed by atoms with E-state index in [9.17, 15) is 27.3 Å². The predicted molar refractivity (Wildman–Crippen MR) is 78.8 cm³/mol. The van der Waals surface area contributed by atoms with E-state index in [1.165, 1.54) is 0 Å². The zero-order chi connectivity index (χ0) is 17.3. The molecule has 0 amide bonds. The van der Waals surface area contributed by atoms with Crippen LogP contribution in [0.1, 0.15) is 27.7 Å². The van der Waals surface area contributed by atoms with Crippen LogP contribution in [-0.4, -0.2) is 25.1 Å². The Morgan fingerprint density at radius 2 is 1.82 bits per heavy atom. The molecule has 1 atom stereocenters. The highest BCUT2D eigenvalue weighted by molar-refractivity contribution is 7.91. The van der Waals surface area contributed by atoms with Crippen molar-refractivity contribution in [3.63, 3.8) is 0 Å². The second kappa shape index (κ2) is 6.15. The minimum atomic E-state index is -4.87. The van der Waals surface area contributed by atoms with Crippen molar-refractivity contribution in [2.24, 2.45) is 5.41 Å². The second-order valence-corrected chi connectivity index (χ2v) is 7.89. The van der Waals surface area contributed by atoms with Crippen molar-refractivity contribution in [2.75, 3.05) is 5.32 Å². The molecule has 6 nitrogen and oxygen atoms in total. The van der Waals surface area contributed by atoms with E-state index in [0.29, 0.717) is 6.07 Å². The highest BCUT2D eigenvalue weighted by atomic mass is 32.2. The molecule has 0 heterocycles. The number of nitro groups is 1. The zero-order valence-corrected chi connectivity index (χ0v) is 13.4. The SMILES string of the molecule is CC(Nc1ccc(S(=O)(=O)C(F)F)cc1[N+](=O)[O-])C(C)(C)C. The fraction of sp³-hybridized carbons (Fsp3) is 0.538. The molecular weight excluding hydrogens is 318 g/mol. The Hall–Kier alpha value is -1.77. The summed E-state index contributed by atoms with van der Waals surface area (Å²) in [5.74, 6) is -3.63. The number of anilines is 1. The number of nitrogens with zero attached hydrogens (tertiary/aromatic N) is 1. The van der Waals surface area contributed by atoms with E-state index < -0.39 is 31.1 Å². The number of hydrogen-bond acceptors (Lipinski definition) is 5. The minimum Gasteiger partial charge on any atom is -0.377 e. The van der Waals surface area contributed by atoms with Crippen LogP contribution >= 0.6 is 0 Å². The van der Waals surface area contributed by atoms with Crippen LogP contribution in [0, 0.1) is 15.5 Å². The topological polar surface area (TPSA) is 89.3 Å². The van der Waals surface area contributed by atoms with Gasteiger partial charge < -0.3 is 5.32 Å². The lowest BCUT2D eigenvalue weighted by atomic mass is 9.88. The molecule has 0 bridgehead atoms. The lowest BCUT2D eigenvalue weighted by Gasteiger charge is -2.28. The molecule has 0 aliphatic heterocycles. The Labute approximate surface area is 127 Å². The molecule has 9 heteroatoms. The summed E-state index contributed by atoms with van der Waals surface area (Å²) in [7, 11) is -4.87. The lowest BCUT2D eigenvalue weighted by Crippen LogP contribution is -2.31. The Morgan fingerprint density at radius 3 is 2.23 bits per heavy atom. The molecule has 0 saturated heterocycles. The molecular formula is C13H18F2N2O4S. The summed E-state index contributed by atoms with van der Waals surface area (Å²) in [5, 5.41) is 14.0. The van der Waals surface area contributed by atoms with Crippen LogP contribution in [0.5, 0.6) is 0 Å². The number of sulfone groups is 1. The van der Waals surface area contributed by atoms with Crippen LogP contribution in [0.4, 0.5) is 20.2 Å². The van der Waals surface area contributed by atoms with Crippen molar-refractivity contribution in [2.45, 2.75) is 44.4 Å². The van der Waals surface area contributed by atoms with Crippen LogP contribution in [0.2, 0.25) is 0 Å². The van der Waals surface area contributed by atoms with E-state index >= 15 is 0 Å². The molecule has 0 fully saturated rings. The summed E-state index contributed by atoms with van der Waals surface area (Å²) >= 11 is 0. The van der Waals surface area contributed by atoms with Gasteiger partial charge in [-0.2, -0.15) is 8.78 Å². The quantitative estimate of drug-likeness (QED) is 0.657. The predicted octanol–water partition coefficient (Wildman–Crippen LogP) is 3.44. The summed E-state index contributed by atoms with van der Waals surface area (Å²) < 4.78 is 47.9. The number of nitrogens with one attached hydrogen (secondary N) is 1. The van der Waals surface area contributed by atoms with E-state index in [1.807, 2.05) is 27.7 Å². The molecule has 124 valence electrons. The number of benzene rings is 1. The lowest BCUT2D eigenvalue weighted by molar-refractivity contribution is -0.384. The van der Waals surface area contributed by atoms with Gasteiger partial charge in [0.15, 0.2) is 0 Å². The molecule has 1 aromatic carbocycles. The van der Waals surface area contributed by atoms with Gasteiger partial charge in [0.2, 0.25) is 9.84 Å². The maximum atomic E-state index is 12.5. The normalized spacial score (nSPS) is 14.0. The van der Waals surface area contributed by atoms with Crippen LogP contribution < -0.4 is 5.32 Å². The monoisotopic (exact) mass is 336 g/mol. The second-order valence-electron chi connectivity index (χ2n) is 5.97. The van der Waals surface area contributed by atoms with E-state index in [2.05, 4.69) is 5.32 Å². The Bertz CT molecular complexity index is 669. The number of halogens is 2. The van der Waals surface area contributed by atoms with Crippen molar-refractivity contribution >= 4 is 21.2 Å². The summed E-state index contributed by atoms with van der Waals surface area (Å²) in [6, 6.07) is 2.56. The van der Waals surface area contributed by atoms with E-state index in [-0.39, 0.29) is 17.1 Å². The fourth-order valence-corrected chi connectivity index (χ4v) is 2.25. The summed E-state index contributed by atoms with van der Waals surface area (Å²) in [5.41, 5.74) is -0.680. The molecule has 0 aliphatic carbocycles. The Morgan fingerprint density at radius 1 is 1.27 bits per heavy atom. The highest BCUT2D eigenvalue weighted by Crippen LogP contribution is 2.32. The first-order valence-corrected chi connectivity index (χ1v) is 7.99. The summed E-state index contributed by atoms with van der Waals surface area (Å²) in [6.45, 7) is 7.58. The third kappa shape index (κ3) is 3.90. The van der Waals surface area contributed by atoms with Gasteiger partial charge in [-0.3, -0.25) is 10.1 Å². The van der Waals surface area contributed by atoms with Gasteiger partial charge in [0.25, 0.3) is 5.69 Å². The maximum Gasteiger partial charge on any atom is 0.341 e. The first-order valence-electron chi connectivity index (χ1n) is 6.44. The van der Waals surface area contributed by atoms with Gasteiger partial charge in [-0.25, -0.2) is 8.42 Å². The van der Waals surface area contributed by atoms with Crippen molar-refractivity contribution in [3.05, 3.63) is 28.3 Å². The van der Waals surface area contributed by atoms with Gasteiger partial charge >= 0.3 is 5.76 Å². The van der Waals surface area contributed by atoms with Gasteiger partial charge in [-0.1, -0.05) is 20.8 Å². The first-order chi connectivity index (χ1) is 9.87. The molecule has 1 rings (SSSR count). The average Bonchev–Trinajstić information content (AvgIpc) is 2.37. The van der Waals surface area contributed by atoms with Gasteiger partial charge in [0.05, 0.1) is 9.82 Å². The number of alkyl halides is 2. The maximum absolute atomic E-state index is 12.5. The number of hydrogen-bond donors (Lipinski definition) is 1. The van der Waals surface area contributed by atoms with E-state index in [0.717, 1.165) is 12.1 Å². The minimum absolute atomic E-state index is 0.0839. The molecule has 1 unspecified atom stereocenters. The summed E-state index contributed by atoms with van der Waals surface area (Å²) in [6.07, 6.45) is 0. The molecule has 1 aromatic rings. The number of nitro benzene ring substituents is 1. The fourth-order valence-electron chi connectivity index (χ4n) is 1.51. The van der Waals surface area contributed by atoms with Crippen molar-refractivity contribution < 1.29 is 22.1 Å². The largest absolute Gasteiger partial charge is 0.377 e. The zero-order valence-electron chi connectivity index (χ0n) is 12.6.